The molecule has 2 atom stereocenters. The van der Waals surface area contributed by atoms with E-state index in [1.165, 1.54) is 5.56 Å². The van der Waals surface area contributed by atoms with Gasteiger partial charge in [-0.25, -0.2) is 4.99 Å². The maximum Gasteiger partial charge on any atom is 0.255 e. The summed E-state index contributed by atoms with van der Waals surface area (Å²) in [5, 5.41) is 2.92. The van der Waals surface area contributed by atoms with Gasteiger partial charge >= 0.3 is 0 Å². The van der Waals surface area contributed by atoms with Crippen LogP contribution in [0.25, 0.3) is 0 Å². The maximum atomic E-state index is 12.7. The molecule has 6 heteroatoms. The minimum atomic E-state index is -0.251. The van der Waals surface area contributed by atoms with E-state index in [2.05, 4.69) is 31.3 Å². The summed E-state index contributed by atoms with van der Waals surface area (Å²) in [6.45, 7) is 4.11. The number of ether oxygens (including phenoxy) is 3. The molecule has 0 saturated carbocycles. The third kappa shape index (κ3) is 3.94. The molecule has 0 aromatic heterocycles. The van der Waals surface area contributed by atoms with Crippen molar-refractivity contribution in [1.82, 2.24) is 5.32 Å². The lowest BCUT2D eigenvalue weighted by atomic mass is 10.0. The summed E-state index contributed by atoms with van der Waals surface area (Å²) < 4.78 is 16.5. The van der Waals surface area contributed by atoms with E-state index < -0.39 is 0 Å². The first-order valence-corrected chi connectivity index (χ1v) is 9.73. The van der Waals surface area contributed by atoms with Gasteiger partial charge in [-0.05, 0) is 55.8 Å². The average molecular weight is 404 g/mol. The van der Waals surface area contributed by atoms with Crippen LogP contribution in [-0.4, -0.2) is 38.2 Å². The largest absolute Gasteiger partial charge is 0.497 e. The van der Waals surface area contributed by atoms with Crippen molar-refractivity contribution < 1.29 is 19.0 Å². The summed E-state index contributed by atoms with van der Waals surface area (Å²) in [5.74, 6) is 1.49. The quantitative estimate of drug-likeness (QED) is 0.825. The molecule has 0 fully saturated rings. The fraction of sp³-hybridized carbons (Fsp3) is 0.250. The summed E-state index contributed by atoms with van der Waals surface area (Å²) in [7, 11) is 3.10. The number of methoxy groups -OCH3 is 2. The van der Waals surface area contributed by atoms with Crippen LogP contribution >= 0.6 is 0 Å². The third-order valence-corrected chi connectivity index (χ3v) is 5.15. The van der Waals surface area contributed by atoms with Crippen molar-refractivity contribution >= 4 is 11.8 Å². The summed E-state index contributed by atoms with van der Waals surface area (Å²) in [6, 6.07) is 11.1. The highest BCUT2D eigenvalue weighted by molar-refractivity contribution is 5.98. The number of hydrogen-bond donors (Lipinski definition) is 1. The number of aliphatic imine (C=N–C) groups is 1. The van der Waals surface area contributed by atoms with Crippen LogP contribution in [0, 0.1) is 13.8 Å². The second kappa shape index (κ2) is 8.06. The molecule has 0 radical (unpaired) electrons. The zero-order valence-electron chi connectivity index (χ0n) is 17.4. The maximum absolute atomic E-state index is 12.7. The molecule has 0 saturated heterocycles. The highest BCUT2D eigenvalue weighted by Gasteiger charge is 2.31. The monoisotopic (exact) mass is 404 g/mol. The molecule has 30 heavy (non-hydrogen) atoms. The third-order valence-electron chi connectivity index (χ3n) is 5.15. The second-order valence-electron chi connectivity index (χ2n) is 7.36. The van der Waals surface area contributed by atoms with Gasteiger partial charge < -0.3 is 19.5 Å². The van der Waals surface area contributed by atoms with E-state index in [0.29, 0.717) is 28.7 Å². The van der Waals surface area contributed by atoms with E-state index in [-0.39, 0.29) is 18.1 Å². The van der Waals surface area contributed by atoms with Crippen molar-refractivity contribution in [3.05, 3.63) is 82.6 Å². The van der Waals surface area contributed by atoms with E-state index in [4.69, 9.17) is 19.2 Å². The standard InChI is InChI=1S/C24H24N2O4/c1-14-5-7-20(15(2)9-14)24-26-21-12-17(6-8-22(21)30-24)25-23(27)16-10-18(28-3)13-19(11-16)29-4/h5-13,21-22H,1-4H3,(H,25,27). The molecule has 2 aromatic rings. The molecule has 1 aliphatic carbocycles. The van der Waals surface area contributed by atoms with Crippen LogP contribution in [0.15, 0.2) is 65.3 Å². The normalized spacial score (nSPS) is 19.3. The van der Waals surface area contributed by atoms with Gasteiger partial charge in [0.2, 0.25) is 5.90 Å². The van der Waals surface area contributed by atoms with Gasteiger partial charge in [-0.3, -0.25) is 4.79 Å². The lowest BCUT2D eigenvalue weighted by Crippen LogP contribution is -2.28. The molecule has 6 nitrogen and oxygen atoms in total. The molecule has 1 aliphatic heterocycles. The van der Waals surface area contributed by atoms with Crippen LogP contribution in [0.4, 0.5) is 0 Å². The second-order valence-corrected chi connectivity index (χ2v) is 7.36. The predicted octanol–water partition coefficient (Wildman–Crippen LogP) is 3.72. The number of rotatable bonds is 5. The molecule has 1 N–H and O–H groups in total. The molecule has 2 unspecified atom stereocenters. The van der Waals surface area contributed by atoms with Crippen LogP contribution in [0.5, 0.6) is 11.5 Å². The van der Waals surface area contributed by atoms with Crippen molar-refractivity contribution in [1.29, 1.82) is 0 Å². The van der Waals surface area contributed by atoms with Gasteiger partial charge in [-0.15, -0.1) is 0 Å². The van der Waals surface area contributed by atoms with Gasteiger partial charge in [0.15, 0.2) is 0 Å². The average Bonchev–Trinajstić information content (AvgIpc) is 3.16. The van der Waals surface area contributed by atoms with Crippen LogP contribution in [0.3, 0.4) is 0 Å². The Bertz CT molecular complexity index is 1060. The van der Waals surface area contributed by atoms with Gasteiger partial charge in [-0.2, -0.15) is 0 Å². The van der Waals surface area contributed by atoms with Crippen molar-refractivity contribution in [3.63, 3.8) is 0 Å². The highest BCUT2D eigenvalue weighted by Crippen LogP contribution is 2.27. The van der Waals surface area contributed by atoms with Gasteiger partial charge in [0.25, 0.3) is 5.91 Å². The van der Waals surface area contributed by atoms with E-state index in [1.54, 1.807) is 32.4 Å². The number of nitrogens with zero attached hydrogens (tertiary/aromatic N) is 1. The summed E-state index contributed by atoms with van der Waals surface area (Å²) in [5.41, 5.74) is 4.44. The van der Waals surface area contributed by atoms with Crippen molar-refractivity contribution in [2.24, 2.45) is 4.99 Å². The van der Waals surface area contributed by atoms with Gasteiger partial charge in [-0.1, -0.05) is 17.7 Å². The first-order valence-electron chi connectivity index (χ1n) is 9.73. The fourth-order valence-corrected chi connectivity index (χ4v) is 3.57. The lowest BCUT2D eigenvalue weighted by molar-refractivity contribution is 0.0965. The minimum Gasteiger partial charge on any atom is -0.497 e. The van der Waals surface area contributed by atoms with Crippen molar-refractivity contribution in [2.75, 3.05) is 14.2 Å². The first kappa shape index (κ1) is 19.8. The molecule has 0 spiro atoms. The summed E-state index contributed by atoms with van der Waals surface area (Å²) in [4.78, 5) is 17.5. The summed E-state index contributed by atoms with van der Waals surface area (Å²) >= 11 is 0. The van der Waals surface area contributed by atoms with Gasteiger partial charge in [0, 0.05) is 22.9 Å². The van der Waals surface area contributed by atoms with E-state index in [0.717, 1.165) is 11.1 Å². The van der Waals surface area contributed by atoms with Gasteiger partial charge in [0.1, 0.15) is 23.6 Å². The Balaban J connectivity index is 1.53. The van der Waals surface area contributed by atoms with Crippen molar-refractivity contribution in [2.45, 2.75) is 26.0 Å². The van der Waals surface area contributed by atoms with Crippen LogP contribution < -0.4 is 14.8 Å². The first-order chi connectivity index (χ1) is 14.5. The number of fused-ring (bicyclic) bond motifs is 1. The molecular weight excluding hydrogens is 380 g/mol. The molecule has 2 aliphatic rings. The summed E-state index contributed by atoms with van der Waals surface area (Å²) in [6.07, 6.45) is 5.51. The Hall–Kier alpha value is -3.54. The number of aryl methyl sites for hydroxylation is 2. The Morgan fingerprint density at radius 2 is 1.80 bits per heavy atom. The van der Waals surface area contributed by atoms with E-state index >= 15 is 0 Å². The molecule has 4 rings (SSSR count). The number of nitrogens with one attached hydrogen (secondary N) is 1. The Kier molecular flexibility index (Phi) is 5.31. The molecule has 1 heterocycles. The van der Waals surface area contributed by atoms with E-state index in [1.807, 2.05) is 24.3 Å². The number of amides is 1. The lowest BCUT2D eigenvalue weighted by Gasteiger charge is -2.18. The highest BCUT2D eigenvalue weighted by atomic mass is 16.5. The number of hydrogen-bond acceptors (Lipinski definition) is 5. The number of benzene rings is 2. The zero-order chi connectivity index (χ0) is 21.3. The molecule has 0 bridgehead atoms. The smallest absolute Gasteiger partial charge is 0.255 e. The molecule has 154 valence electrons. The topological polar surface area (TPSA) is 69.2 Å². The van der Waals surface area contributed by atoms with Crippen LogP contribution in [0.1, 0.15) is 27.0 Å². The Morgan fingerprint density at radius 1 is 1.07 bits per heavy atom. The zero-order valence-corrected chi connectivity index (χ0v) is 17.4. The van der Waals surface area contributed by atoms with Crippen LogP contribution in [-0.2, 0) is 4.74 Å². The van der Waals surface area contributed by atoms with Crippen LogP contribution in [0.2, 0.25) is 0 Å². The Labute approximate surface area is 175 Å². The SMILES string of the molecule is COc1cc(OC)cc(C(=O)NC2=CC3N=C(c4ccc(C)cc4C)OC3C=C2)c1. The predicted molar refractivity (Wildman–Crippen MR) is 115 cm³/mol. The van der Waals surface area contributed by atoms with Gasteiger partial charge in [0.05, 0.1) is 14.2 Å². The molecule has 2 aromatic carbocycles. The number of allylic oxidation sites excluding steroid dienone is 1. The molecular formula is C24H24N2O4. The molecule has 1 amide bonds. The fourth-order valence-electron chi connectivity index (χ4n) is 3.57. The Morgan fingerprint density at radius 3 is 2.47 bits per heavy atom. The minimum absolute atomic E-state index is 0.168. The number of carbonyl (C=O) groups excluding carboxylic acids is 1. The van der Waals surface area contributed by atoms with Crippen molar-refractivity contribution in [3.8, 4) is 11.5 Å². The van der Waals surface area contributed by atoms with E-state index in [9.17, 15) is 4.79 Å². The number of carbonyl (C=O) groups is 1.